The van der Waals surface area contributed by atoms with Crippen molar-refractivity contribution in [2.24, 2.45) is 11.3 Å². The first-order chi connectivity index (χ1) is 13.6. The highest BCUT2D eigenvalue weighted by atomic mass is 16.6. The zero-order valence-electron chi connectivity index (χ0n) is 16.6. The van der Waals surface area contributed by atoms with Crippen molar-refractivity contribution in [3.05, 3.63) is 36.6 Å². The number of carbonyl (C=O) groups excluding carboxylic acids is 2. The second-order valence-corrected chi connectivity index (χ2v) is 8.35. The smallest absolute Gasteiger partial charge is 0.410 e. The molecule has 2 fully saturated rings. The lowest BCUT2D eigenvalue weighted by Crippen LogP contribution is -2.60. The highest BCUT2D eigenvalue weighted by Gasteiger charge is 2.62. The summed E-state index contributed by atoms with van der Waals surface area (Å²) < 4.78 is 11.0. The number of methoxy groups -OCH3 is 1. The zero-order chi connectivity index (χ0) is 19.7. The fourth-order valence-corrected chi connectivity index (χ4v) is 5.76. The third-order valence-electron chi connectivity index (χ3n) is 6.87. The predicted molar refractivity (Wildman–Crippen MR) is 106 cm³/mol. The fourth-order valence-electron chi connectivity index (χ4n) is 5.76. The quantitative estimate of drug-likeness (QED) is 0.698. The van der Waals surface area contributed by atoms with E-state index in [-0.39, 0.29) is 41.9 Å². The van der Waals surface area contributed by atoms with Gasteiger partial charge in [0.05, 0.1) is 13.2 Å². The van der Waals surface area contributed by atoms with Crippen molar-refractivity contribution in [3.63, 3.8) is 0 Å². The molecule has 0 radical (unpaired) electrons. The van der Waals surface area contributed by atoms with Crippen LogP contribution in [0.2, 0.25) is 0 Å². The molecule has 6 nitrogen and oxygen atoms in total. The maximum Gasteiger partial charge on any atom is 0.410 e. The molecule has 28 heavy (non-hydrogen) atoms. The van der Waals surface area contributed by atoms with Gasteiger partial charge in [-0.15, -0.1) is 0 Å². The normalized spacial score (nSPS) is 36.2. The van der Waals surface area contributed by atoms with E-state index in [1.54, 1.807) is 24.2 Å². The van der Waals surface area contributed by atoms with Crippen LogP contribution in [-0.4, -0.2) is 67.1 Å². The Morgan fingerprint density at radius 1 is 1.39 bits per heavy atom. The van der Waals surface area contributed by atoms with Gasteiger partial charge in [0, 0.05) is 36.5 Å². The Bertz CT molecular complexity index is 715. The van der Waals surface area contributed by atoms with E-state index in [4.69, 9.17) is 9.47 Å². The number of ether oxygens (including phenoxy) is 2. The molecular formula is C22H30N2O4. The largest absolute Gasteiger partial charge is 0.499 e. The molecule has 3 aliphatic heterocycles. The molecule has 0 bridgehead atoms. The van der Waals surface area contributed by atoms with Gasteiger partial charge in [-0.3, -0.25) is 9.69 Å². The van der Waals surface area contributed by atoms with Gasteiger partial charge in [0.15, 0.2) is 5.78 Å². The number of likely N-dealkylation sites (tertiary alicyclic amines) is 1. The van der Waals surface area contributed by atoms with Crippen LogP contribution < -0.4 is 0 Å². The van der Waals surface area contributed by atoms with Gasteiger partial charge in [0.1, 0.15) is 12.4 Å². The van der Waals surface area contributed by atoms with Crippen molar-refractivity contribution in [1.29, 1.82) is 0 Å². The molecule has 4 rings (SSSR count). The lowest BCUT2D eigenvalue weighted by molar-refractivity contribution is -0.129. The van der Waals surface area contributed by atoms with E-state index in [9.17, 15) is 9.59 Å². The standard InChI is InChI=1S/C22H30N2O4/c1-3-12-28-21(26)23-11-9-17-18(25)13-19(27-2)20-22(17,15-23)14-16-8-6-4-5-7-10-24(16)20/h3,6,8,13,16-17,20H,1,4-5,7,9-12,14-15H2,2H3/b8-6-/t16?,17-,20-,22-/m0/s1. The van der Waals surface area contributed by atoms with Crippen molar-refractivity contribution < 1.29 is 19.1 Å². The third-order valence-corrected chi connectivity index (χ3v) is 6.87. The Balaban J connectivity index is 1.71. The van der Waals surface area contributed by atoms with E-state index in [0.717, 1.165) is 31.6 Å². The summed E-state index contributed by atoms with van der Waals surface area (Å²) in [4.78, 5) is 29.8. The monoisotopic (exact) mass is 386 g/mol. The number of hydrogen-bond donors (Lipinski definition) is 0. The summed E-state index contributed by atoms with van der Waals surface area (Å²) >= 11 is 0. The highest BCUT2D eigenvalue weighted by Crippen LogP contribution is 2.55. The summed E-state index contributed by atoms with van der Waals surface area (Å²) in [5, 5.41) is 0. The van der Waals surface area contributed by atoms with Crippen LogP contribution in [0.1, 0.15) is 32.1 Å². The van der Waals surface area contributed by atoms with E-state index >= 15 is 0 Å². The number of hydrogen-bond acceptors (Lipinski definition) is 5. The van der Waals surface area contributed by atoms with Gasteiger partial charge in [0.2, 0.25) is 0 Å². The number of nitrogens with zero attached hydrogens (tertiary/aromatic N) is 2. The summed E-state index contributed by atoms with van der Waals surface area (Å²) in [6.45, 7) is 5.89. The molecule has 2 saturated heterocycles. The van der Waals surface area contributed by atoms with E-state index in [1.807, 2.05) is 0 Å². The van der Waals surface area contributed by atoms with Crippen LogP contribution in [0.15, 0.2) is 36.6 Å². The molecule has 0 aromatic carbocycles. The highest BCUT2D eigenvalue weighted by molar-refractivity contribution is 5.94. The number of fused-ring (bicyclic) bond motifs is 2. The van der Waals surface area contributed by atoms with Gasteiger partial charge < -0.3 is 14.4 Å². The molecule has 6 heteroatoms. The number of amides is 1. The van der Waals surface area contributed by atoms with Gasteiger partial charge in [-0.1, -0.05) is 24.8 Å². The third kappa shape index (κ3) is 3.08. The number of carbonyl (C=O) groups is 2. The van der Waals surface area contributed by atoms with Crippen LogP contribution in [0.5, 0.6) is 0 Å². The van der Waals surface area contributed by atoms with Gasteiger partial charge >= 0.3 is 6.09 Å². The Morgan fingerprint density at radius 3 is 3.04 bits per heavy atom. The molecule has 152 valence electrons. The molecule has 4 atom stereocenters. The Morgan fingerprint density at radius 2 is 2.25 bits per heavy atom. The number of ketones is 1. The van der Waals surface area contributed by atoms with Crippen LogP contribution in [0.3, 0.4) is 0 Å². The van der Waals surface area contributed by atoms with E-state index in [2.05, 4.69) is 23.6 Å². The minimum Gasteiger partial charge on any atom is -0.499 e. The van der Waals surface area contributed by atoms with Crippen LogP contribution in [0, 0.1) is 11.3 Å². The molecule has 4 aliphatic rings. The summed E-state index contributed by atoms with van der Waals surface area (Å²) in [7, 11) is 1.65. The summed E-state index contributed by atoms with van der Waals surface area (Å²) in [6.07, 6.45) is 12.5. The van der Waals surface area contributed by atoms with Gasteiger partial charge in [-0.25, -0.2) is 4.79 Å². The van der Waals surface area contributed by atoms with Crippen molar-refractivity contribution in [2.75, 3.05) is 33.4 Å². The SMILES string of the molecule is C=CCOC(=O)N1CC[C@H]2C(=O)C=C(OC)[C@@H]3N4CCCC/C=C\C4C[C@@]32C1. The van der Waals surface area contributed by atoms with Crippen molar-refractivity contribution in [1.82, 2.24) is 9.80 Å². The molecule has 0 aromatic heterocycles. The molecule has 0 N–H and O–H groups in total. The van der Waals surface area contributed by atoms with Crippen LogP contribution in [0.25, 0.3) is 0 Å². The summed E-state index contributed by atoms with van der Waals surface area (Å²) in [6, 6.07) is 0.310. The molecule has 0 saturated carbocycles. The Hall–Kier alpha value is -2.08. The second-order valence-electron chi connectivity index (χ2n) is 8.35. The van der Waals surface area contributed by atoms with Gasteiger partial charge in [0.25, 0.3) is 0 Å². The van der Waals surface area contributed by atoms with E-state index in [0.29, 0.717) is 19.5 Å². The minimum absolute atomic E-state index is 0.0305. The van der Waals surface area contributed by atoms with Gasteiger partial charge in [-0.05, 0) is 38.6 Å². The summed E-state index contributed by atoms with van der Waals surface area (Å²) in [5.74, 6) is 0.826. The topological polar surface area (TPSA) is 59.1 Å². The minimum atomic E-state index is -0.317. The van der Waals surface area contributed by atoms with Gasteiger partial charge in [-0.2, -0.15) is 0 Å². The first-order valence-electron chi connectivity index (χ1n) is 10.3. The van der Waals surface area contributed by atoms with Crippen molar-refractivity contribution >= 4 is 11.9 Å². The van der Waals surface area contributed by atoms with Crippen LogP contribution >= 0.6 is 0 Å². The molecule has 1 aliphatic carbocycles. The first-order valence-corrected chi connectivity index (χ1v) is 10.3. The van der Waals surface area contributed by atoms with Crippen molar-refractivity contribution in [3.8, 4) is 0 Å². The summed E-state index contributed by atoms with van der Waals surface area (Å²) in [5.41, 5.74) is -0.317. The maximum absolute atomic E-state index is 13.0. The lowest BCUT2D eigenvalue weighted by Gasteiger charge is -2.51. The van der Waals surface area contributed by atoms with Crippen molar-refractivity contribution in [2.45, 2.75) is 44.2 Å². The molecule has 0 aromatic rings. The molecule has 3 heterocycles. The maximum atomic E-state index is 13.0. The predicted octanol–water partition coefficient (Wildman–Crippen LogP) is 2.91. The lowest BCUT2D eigenvalue weighted by atomic mass is 9.61. The molecule has 1 amide bonds. The average molecular weight is 386 g/mol. The first kappa shape index (κ1) is 19.2. The van der Waals surface area contributed by atoms with Crippen LogP contribution in [-0.2, 0) is 14.3 Å². The Labute approximate surface area is 166 Å². The fraction of sp³-hybridized carbons (Fsp3) is 0.636. The number of rotatable bonds is 3. The Kier molecular flexibility index (Phi) is 5.32. The number of piperidine rings is 1. The average Bonchev–Trinajstić information content (AvgIpc) is 2.97. The molecule has 1 unspecified atom stereocenters. The van der Waals surface area contributed by atoms with E-state index in [1.165, 1.54) is 6.42 Å². The molecular weight excluding hydrogens is 356 g/mol. The number of allylic oxidation sites excluding steroid dienone is 2. The second kappa shape index (κ2) is 7.74. The zero-order valence-corrected chi connectivity index (χ0v) is 16.6. The molecule has 1 spiro atoms. The van der Waals surface area contributed by atoms with E-state index < -0.39 is 0 Å². The van der Waals surface area contributed by atoms with Crippen LogP contribution in [0.4, 0.5) is 4.79 Å².